The molecule has 0 aliphatic carbocycles. The maximum absolute atomic E-state index is 12.3. The van der Waals surface area contributed by atoms with Gasteiger partial charge in [-0.05, 0) is 38.0 Å². The average Bonchev–Trinajstić information content (AvgIpc) is 2.47. The highest BCUT2D eigenvalue weighted by Crippen LogP contribution is 2.19. The second-order valence-electron chi connectivity index (χ2n) is 5.91. The quantitative estimate of drug-likeness (QED) is 0.907. The summed E-state index contributed by atoms with van der Waals surface area (Å²) < 4.78 is 0. The van der Waals surface area contributed by atoms with E-state index in [1.54, 1.807) is 38.2 Å². The van der Waals surface area contributed by atoms with Gasteiger partial charge in [-0.2, -0.15) is 0 Å². The number of hydrogen-bond donors (Lipinski definition) is 1. The molecule has 0 radical (unpaired) electrons. The van der Waals surface area contributed by atoms with Crippen molar-refractivity contribution in [1.29, 1.82) is 0 Å². The third-order valence-electron chi connectivity index (χ3n) is 3.82. The molecule has 0 aliphatic heterocycles. The van der Waals surface area contributed by atoms with E-state index in [9.17, 15) is 9.59 Å². The van der Waals surface area contributed by atoms with Crippen LogP contribution in [0.5, 0.6) is 0 Å². The van der Waals surface area contributed by atoms with Crippen molar-refractivity contribution in [3.05, 3.63) is 29.3 Å². The second-order valence-corrected chi connectivity index (χ2v) is 5.91. The van der Waals surface area contributed by atoms with Gasteiger partial charge in [-0.3, -0.25) is 4.79 Å². The maximum atomic E-state index is 12.3. The number of aryl methyl sites for hydroxylation is 1. The number of rotatable bonds is 5. The molecule has 0 fully saturated rings. The minimum atomic E-state index is -0.154. The van der Waals surface area contributed by atoms with Crippen LogP contribution in [-0.2, 0) is 0 Å². The van der Waals surface area contributed by atoms with E-state index in [1.807, 2.05) is 19.9 Å². The van der Waals surface area contributed by atoms with Crippen molar-refractivity contribution in [1.82, 2.24) is 9.80 Å². The molecule has 122 valence electrons. The third kappa shape index (κ3) is 4.48. The molecule has 0 saturated heterocycles. The summed E-state index contributed by atoms with van der Waals surface area (Å²) in [5.41, 5.74) is 2.17. The first-order valence-electron chi connectivity index (χ1n) is 7.64. The molecule has 1 atom stereocenters. The van der Waals surface area contributed by atoms with Gasteiger partial charge in [0.05, 0.1) is 0 Å². The molecule has 0 spiro atoms. The van der Waals surface area contributed by atoms with Crippen molar-refractivity contribution in [3.63, 3.8) is 0 Å². The Morgan fingerprint density at radius 3 is 2.41 bits per heavy atom. The van der Waals surface area contributed by atoms with Crippen molar-refractivity contribution in [2.45, 2.75) is 39.7 Å². The van der Waals surface area contributed by atoms with Gasteiger partial charge in [0.2, 0.25) is 0 Å². The summed E-state index contributed by atoms with van der Waals surface area (Å²) >= 11 is 0. The number of hydrogen-bond acceptors (Lipinski definition) is 2. The molecular formula is C17H27N3O2. The van der Waals surface area contributed by atoms with Crippen LogP contribution in [0, 0.1) is 6.92 Å². The fourth-order valence-corrected chi connectivity index (χ4v) is 2.16. The summed E-state index contributed by atoms with van der Waals surface area (Å²) in [6.07, 6.45) is 1.99. The average molecular weight is 305 g/mol. The molecule has 0 unspecified atom stereocenters. The molecule has 3 amide bonds. The Hall–Kier alpha value is -2.04. The van der Waals surface area contributed by atoms with E-state index in [0.29, 0.717) is 11.3 Å². The van der Waals surface area contributed by atoms with Crippen LogP contribution in [0.15, 0.2) is 18.2 Å². The van der Waals surface area contributed by atoms with Crippen LogP contribution in [0.1, 0.15) is 42.6 Å². The lowest BCUT2D eigenvalue weighted by atomic mass is 10.1. The van der Waals surface area contributed by atoms with E-state index >= 15 is 0 Å². The minimum Gasteiger partial charge on any atom is -0.345 e. The number of nitrogens with one attached hydrogen (secondary N) is 1. The van der Waals surface area contributed by atoms with Crippen LogP contribution in [0.3, 0.4) is 0 Å². The van der Waals surface area contributed by atoms with Gasteiger partial charge in [0, 0.05) is 38.4 Å². The molecule has 0 saturated carbocycles. The van der Waals surface area contributed by atoms with Gasteiger partial charge in [-0.25, -0.2) is 4.79 Å². The van der Waals surface area contributed by atoms with E-state index in [2.05, 4.69) is 12.2 Å². The highest BCUT2D eigenvalue weighted by atomic mass is 16.2. The molecule has 0 aromatic heterocycles. The van der Waals surface area contributed by atoms with E-state index < -0.39 is 0 Å². The van der Waals surface area contributed by atoms with E-state index in [-0.39, 0.29) is 18.0 Å². The van der Waals surface area contributed by atoms with Gasteiger partial charge in [0.1, 0.15) is 0 Å². The zero-order valence-corrected chi connectivity index (χ0v) is 14.4. The number of nitrogens with zero attached hydrogens (tertiary/aromatic N) is 2. The first-order valence-corrected chi connectivity index (χ1v) is 7.64. The Kier molecular flexibility index (Phi) is 6.40. The number of anilines is 1. The van der Waals surface area contributed by atoms with E-state index in [1.165, 1.54) is 4.90 Å². The summed E-state index contributed by atoms with van der Waals surface area (Å²) in [5.74, 6) is -0.0804. The Morgan fingerprint density at radius 2 is 1.86 bits per heavy atom. The number of carbonyl (C=O) groups excluding carboxylic acids is 2. The van der Waals surface area contributed by atoms with Crippen LogP contribution in [0.2, 0.25) is 0 Å². The zero-order chi connectivity index (χ0) is 16.9. The number of amides is 3. The standard InChI is InChI=1S/C17H27N3O2/c1-7-8-13(3)20(6)17(22)18-15-11-14(10-9-12(15)2)16(21)19(4)5/h9-11,13H,7-8H2,1-6H3,(H,18,22)/t13-/m1/s1. The molecule has 1 aromatic rings. The van der Waals surface area contributed by atoms with Crippen molar-refractivity contribution in [2.24, 2.45) is 0 Å². The lowest BCUT2D eigenvalue weighted by molar-refractivity contribution is 0.0827. The highest BCUT2D eigenvalue weighted by Gasteiger charge is 2.17. The molecule has 22 heavy (non-hydrogen) atoms. The minimum absolute atomic E-state index is 0.0804. The van der Waals surface area contributed by atoms with Crippen molar-refractivity contribution in [3.8, 4) is 0 Å². The summed E-state index contributed by atoms with van der Waals surface area (Å²) in [5, 5.41) is 2.90. The normalized spacial score (nSPS) is 11.7. The fraction of sp³-hybridized carbons (Fsp3) is 0.529. The summed E-state index contributed by atoms with van der Waals surface area (Å²) in [6.45, 7) is 6.04. The Morgan fingerprint density at radius 1 is 1.23 bits per heavy atom. The SMILES string of the molecule is CCC[C@@H](C)N(C)C(=O)Nc1cc(C(=O)N(C)C)ccc1C. The Bertz CT molecular complexity index is 541. The molecule has 0 bridgehead atoms. The highest BCUT2D eigenvalue weighted by molar-refractivity contribution is 5.97. The van der Waals surface area contributed by atoms with Gasteiger partial charge >= 0.3 is 6.03 Å². The largest absolute Gasteiger partial charge is 0.345 e. The lowest BCUT2D eigenvalue weighted by Gasteiger charge is -2.25. The molecule has 5 heteroatoms. The Balaban J connectivity index is 2.91. The molecule has 1 N–H and O–H groups in total. The number of carbonyl (C=O) groups is 2. The van der Waals surface area contributed by atoms with Gasteiger partial charge in [-0.15, -0.1) is 0 Å². The predicted octanol–water partition coefficient (Wildman–Crippen LogP) is 3.35. The van der Waals surface area contributed by atoms with E-state index in [0.717, 1.165) is 18.4 Å². The smallest absolute Gasteiger partial charge is 0.321 e. The molecular weight excluding hydrogens is 278 g/mol. The van der Waals surface area contributed by atoms with Gasteiger partial charge in [0.25, 0.3) is 5.91 Å². The first kappa shape index (κ1) is 18.0. The van der Waals surface area contributed by atoms with Crippen LogP contribution < -0.4 is 5.32 Å². The Labute approximate surface area is 133 Å². The van der Waals surface area contributed by atoms with Crippen LogP contribution in [-0.4, -0.2) is 48.9 Å². The van der Waals surface area contributed by atoms with Gasteiger partial charge < -0.3 is 15.1 Å². The number of urea groups is 1. The fourth-order valence-electron chi connectivity index (χ4n) is 2.16. The van der Waals surface area contributed by atoms with Crippen molar-refractivity contribution < 1.29 is 9.59 Å². The zero-order valence-electron chi connectivity index (χ0n) is 14.4. The topological polar surface area (TPSA) is 52.7 Å². The van der Waals surface area contributed by atoms with E-state index in [4.69, 9.17) is 0 Å². The molecule has 0 aliphatic rings. The second kappa shape index (κ2) is 7.82. The summed E-state index contributed by atoms with van der Waals surface area (Å²) in [4.78, 5) is 27.6. The van der Waals surface area contributed by atoms with Crippen LogP contribution in [0.25, 0.3) is 0 Å². The van der Waals surface area contributed by atoms with Crippen molar-refractivity contribution >= 4 is 17.6 Å². The maximum Gasteiger partial charge on any atom is 0.321 e. The third-order valence-corrected chi connectivity index (χ3v) is 3.82. The van der Waals surface area contributed by atoms with Crippen LogP contribution in [0.4, 0.5) is 10.5 Å². The first-order chi connectivity index (χ1) is 10.3. The summed E-state index contributed by atoms with van der Waals surface area (Å²) in [7, 11) is 5.21. The number of benzene rings is 1. The van der Waals surface area contributed by atoms with Gasteiger partial charge in [0.15, 0.2) is 0 Å². The molecule has 5 nitrogen and oxygen atoms in total. The van der Waals surface area contributed by atoms with Crippen LogP contribution >= 0.6 is 0 Å². The molecule has 0 heterocycles. The summed E-state index contributed by atoms with van der Waals surface area (Å²) in [6, 6.07) is 5.38. The van der Waals surface area contributed by atoms with Gasteiger partial charge in [-0.1, -0.05) is 19.4 Å². The lowest BCUT2D eigenvalue weighted by Crippen LogP contribution is -2.38. The molecule has 1 aromatic carbocycles. The monoisotopic (exact) mass is 305 g/mol. The van der Waals surface area contributed by atoms with Crippen molar-refractivity contribution in [2.75, 3.05) is 26.5 Å². The predicted molar refractivity (Wildman–Crippen MR) is 90.3 cm³/mol. The molecule has 1 rings (SSSR count).